The van der Waals surface area contributed by atoms with Crippen LogP contribution in [-0.4, -0.2) is 23.0 Å². The first-order valence-electron chi connectivity index (χ1n) is 5.67. The van der Waals surface area contributed by atoms with E-state index in [9.17, 15) is 4.79 Å². The van der Waals surface area contributed by atoms with Gasteiger partial charge >= 0.3 is 5.97 Å². The van der Waals surface area contributed by atoms with E-state index in [1.54, 1.807) is 6.20 Å². The van der Waals surface area contributed by atoms with Crippen LogP contribution in [0.2, 0.25) is 0 Å². The van der Waals surface area contributed by atoms with E-state index in [-0.39, 0.29) is 5.69 Å². The van der Waals surface area contributed by atoms with Gasteiger partial charge in [0.15, 0.2) is 5.69 Å². The van der Waals surface area contributed by atoms with Gasteiger partial charge in [-0.1, -0.05) is 12.1 Å². The second-order valence-corrected chi connectivity index (χ2v) is 3.88. The maximum Gasteiger partial charge on any atom is 0.358 e. The Morgan fingerprint density at radius 1 is 1.42 bits per heavy atom. The summed E-state index contributed by atoms with van der Waals surface area (Å²) in [5, 5.41) is 3.07. The van der Waals surface area contributed by atoms with Gasteiger partial charge in [-0.15, -0.1) is 0 Å². The van der Waals surface area contributed by atoms with Crippen LogP contribution in [0.1, 0.15) is 16.1 Å². The zero-order valence-electron chi connectivity index (χ0n) is 10.5. The van der Waals surface area contributed by atoms with Crippen molar-refractivity contribution in [2.75, 3.05) is 18.2 Å². The van der Waals surface area contributed by atoms with Gasteiger partial charge < -0.3 is 15.8 Å². The third-order valence-corrected chi connectivity index (χ3v) is 2.45. The predicted octanol–water partition coefficient (Wildman–Crippen LogP) is 1.46. The van der Waals surface area contributed by atoms with E-state index in [1.807, 2.05) is 24.3 Å². The van der Waals surface area contributed by atoms with Gasteiger partial charge in [-0.05, 0) is 17.7 Å². The average Bonchev–Trinajstić information content (AvgIpc) is 2.45. The summed E-state index contributed by atoms with van der Waals surface area (Å²) in [5.74, 6) is -0.00886. The van der Waals surface area contributed by atoms with Crippen molar-refractivity contribution in [2.24, 2.45) is 0 Å². The van der Waals surface area contributed by atoms with Crippen molar-refractivity contribution in [1.82, 2.24) is 9.97 Å². The smallest absolute Gasteiger partial charge is 0.358 e. The Balaban J connectivity index is 2.05. The van der Waals surface area contributed by atoms with Crippen molar-refractivity contribution in [3.63, 3.8) is 0 Å². The molecule has 0 bridgehead atoms. The van der Waals surface area contributed by atoms with Crippen LogP contribution in [0.25, 0.3) is 0 Å². The molecule has 1 heterocycles. The highest BCUT2D eigenvalue weighted by Gasteiger charge is 2.08. The van der Waals surface area contributed by atoms with E-state index in [0.29, 0.717) is 18.1 Å². The fourth-order valence-corrected chi connectivity index (χ4v) is 1.55. The van der Waals surface area contributed by atoms with E-state index >= 15 is 0 Å². The van der Waals surface area contributed by atoms with E-state index in [4.69, 9.17) is 5.73 Å². The molecule has 0 radical (unpaired) electrons. The Labute approximate surface area is 110 Å². The number of carbonyl (C=O) groups is 1. The number of carbonyl (C=O) groups excluding carboxylic acids is 1. The number of nitrogens with two attached hydrogens (primary N) is 1. The number of nitrogen functional groups attached to an aromatic ring is 1. The molecule has 0 amide bonds. The number of rotatable bonds is 4. The lowest BCUT2D eigenvalue weighted by atomic mass is 10.2. The van der Waals surface area contributed by atoms with Crippen molar-refractivity contribution in [1.29, 1.82) is 0 Å². The molecule has 0 atom stereocenters. The van der Waals surface area contributed by atoms with Gasteiger partial charge in [0.05, 0.1) is 19.5 Å². The molecule has 2 aromatic rings. The van der Waals surface area contributed by atoms with E-state index < -0.39 is 5.97 Å². The number of nitrogens with one attached hydrogen (secondary N) is 1. The molecule has 2 rings (SSSR count). The quantitative estimate of drug-likeness (QED) is 0.637. The molecule has 0 spiro atoms. The fraction of sp³-hybridized carbons (Fsp3) is 0.154. The van der Waals surface area contributed by atoms with Gasteiger partial charge in [-0.3, -0.25) is 4.98 Å². The molecule has 1 aromatic carbocycles. The van der Waals surface area contributed by atoms with Crippen LogP contribution in [0.15, 0.2) is 36.7 Å². The van der Waals surface area contributed by atoms with Crippen molar-refractivity contribution in [2.45, 2.75) is 6.54 Å². The topological polar surface area (TPSA) is 90.1 Å². The monoisotopic (exact) mass is 258 g/mol. The molecule has 19 heavy (non-hydrogen) atoms. The molecule has 0 saturated heterocycles. The Morgan fingerprint density at radius 2 is 2.26 bits per heavy atom. The third kappa shape index (κ3) is 3.41. The Kier molecular flexibility index (Phi) is 3.92. The van der Waals surface area contributed by atoms with E-state index in [2.05, 4.69) is 20.0 Å². The molecule has 0 aliphatic rings. The fourth-order valence-electron chi connectivity index (χ4n) is 1.55. The normalized spacial score (nSPS) is 9.95. The van der Waals surface area contributed by atoms with Gasteiger partial charge in [-0.25, -0.2) is 9.78 Å². The maximum absolute atomic E-state index is 11.3. The maximum atomic E-state index is 11.3. The highest BCUT2D eigenvalue weighted by atomic mass is 16.5. The molecular weight excluding hydrogens is 244 g/mol. The number of methoxy groups -OCH3 is 1. The number of ether oxygens (including phenoxy) is 1. The van der Waals surface area contributed by atoms with Gasteiger partial charge in [0.1, 0.15) is 5.82 Å². The summed E-state index contributed by atoms with van der Waals surface area (Å²) in [5.41, 5.74) is 7.58. The summed E-state index contributed by atoms with van der Waals surface area (Å²) < 4.78 is 4.58. The minimum atomic E-state index is -0.514. The molecule has 0 unspecified atom stereocenters. The molecule has 6 heteroatoms. The van der Waals surface area contributed by atoms with E-state index in [1.165, 1.54) is 13.3 Å². The zero-order chi connectivity index (χ0) is 13.7. The molecule has 0 fully saturated rings. The van der Waals surface area contributed by atoms with Crippen molar-refractivity contribution < 1.29 is 9.53 Å². The molecule has 0 aliphatic carbocycles. The minimum absolute atomic E-state index is 0.167. The number of hydrogen-bond acceptors (Lipinski definition) is 6. The highest BCUT2D eigenvalue weighted by Crippen LogP contribution is 2.09. The summed E-state index contributed by atoms with van der Waals surface area (Å²) in [6, 6.07) is 7.51. The molecule has 98 valence electrons. The number of esters is 1. The Morgan fingerprint density at radius 3 is 3.00 bits per heavy atom. The lowest BCUT2D eigenvalue weighted by Crippen LogP contribution is -2.08. The van der Waals surface area contributed by atoms with Crippen LogP contribution in [0.4, 0.5) is 11.5 Å². The standard InChI is InChI=1S/C13H14N4O2/c1-19-13(18)11-7-15-8-12(17-11)16-6-9-3-2-4-10(14)5-9/h2-5,7-8H,6,14H2,1H3,(H,16,17). The van der Waals surface area contributed by atoms with Crippen molar-refractivity contribution in [3.05, 3.63) is 47.9 Å². The number of nitrogens with zero attached hydrogens (tertiary/aromatic N) is 2. The van der Waals surface area contributed by atoms with E-state index in [0.717, 1.165) is 5.56 Å². The van der Waals surface area contributed by atoms with Gasteiger partial charge in [0, 0.05) is 12.2 Å². The van der Waals surface area contributed by atoms with Crippen LogP contribution in [0, 0.1) is 0 Å². The first-order valence-corrected chi connectivity index (χ1v) is 5.67. The number of aromatic nitrogens is 2. The number of anilines is 2. The number of benzene rings is 1. The van der Waals surface area contributed by atoms with Crippen LogP contribution >= 0.6 is 0 Å². The third-order valence-electron chi connectivity index (χ3n) is 2.45. The Bertz CT molecular complexity index is 586. The largest absolute Gasteiger partial charge is 0.464 e. The summed E-state index contributed by atoms with van der Waals surface area (Å²) in [7, 11) is 1.30. The molecule has 0 saturated carbocycles. The van der Waals surface area contributed by atoms with Gasteiger partial charge in [0.2, 0.25) is 0 Å². The lowest BCUT2D eigenvalue weighted by Gasteiger charge is -2.07. The summed E-state index contributed by atoms with van der Waals surface area (Å²) >= 11 is 0. The summed E-state index contributed by atoms with van der Waals surface area (Å²) in [6.45, 7) is 0.546. The second-order valence-electron chi connectivity index (χ2n) is 3.88. The van der Waals surface area contributed by atoms with Crippen molar-refractivity contribution >= 4 is 17.5 Å². The SMILES string of the molecule is COC(=O)c1cncc(NCc2cccc(N)c2)n1. The van der Waals surface area contributed by atoms with Crippen LogP contribution in [0.3, 0.4) is 0 Å². The summed E-state index contributed by atoms with van der Waals surface area (Å²) in [4.78, 5) is 19.4. The second kappa shape index (κ2) is 5.81. The zero-order valence-corrected chi connectivity index (χ0v) is 10.5. The van der Waals surface area contributed by atoms with Crippen molar-refractivity contribution in [3.8, 4) is 0 Å². The molecule has 3 N–H and O–H groups in total. The number of hydrogen-bond donors (Lipinski definition) is 2. The first kappa shape index (κ1) is 12.8. The van der Waals surface area contributed by atoms with Crippen LogP contribution in [-0.2, 0) is 11.3 Å². The first-order chi connectivity index (χ1) is 9.19. The van der Waals surface area contributed by atoms with Crippen LogP contribution < -0.4 is 11.1 Å². The minimum Gasteiger partial charge on any atom is -0.464 e. The Hall–Kier alpha value is -2.63. The molecule has 1 aromatic heterocycles. The lowest BCUT2D eigenvalue weighted by molar-refractivity contribution is 0.0593. The molecular formula is C13H14N4O2. The molecule has 0 aliphatic heterocycles. The van der Waals surface area contributed by atoms with Crippen LogP contribution in [0.5, 0.6) is 0 Å². The predicted molar refractivity (Wildman–Crippen MR) is 71.6 cm³/mol. The highest BCUT2D eigenvalue weighted by molar-refractivity contribution is 5.87. The molecule has 6 nitrogen and oxygen atoms in total. The van der Waals surface area contributed by atoms with Gasteiger partial charge in [-0.2, -0.15) is 0 Å². The summed E-state index contributed by atoms with van der Waals surface area (Å²) in [6.07, 6.45) is 2.90. The van der Waals surface area contributed by atoms with Gasteiger partial charge in [0.25, 0.3) is 0 Å². The average molecular weight is 258 g/mol.